The Morgan fingerprint density at radius 1 is 1.22 bits per heavy atom. The van der Waals surface area contributed by atoms with Crippen molar-refractivity contribution in [2.45, 2.75) is 10.6 Å². The van der Waals surface area contributed by atoms with E-state index in [4.69, 9.17) is 5.84 Å². The molecular weight excluding hydrogens is 246 g/mol. The molecule has 0 atom stereocenters. The highest BCUT2D eigenvalue weighted by molar-refractivity contribution is 7.98. The average Bonchev–Trinajstić information content (AvgIpc) is 2.45. The van der Waals surface area contributed by atoms with Gasteiger partial charge in [0.25, 0.3) is 5.91 Å². The molecule has 0 saturated heterocycles. The number of hydrogen-bond acceptors (Lipinski definition) is 4. The SMILES string of the molecule is NNC(=O)c1ccccc1CSc1ccncc1. The highest BCUT2D eigenvalue weighted by atomic mass is 32.2. The molecule has 1 amide bonds. The van der Waals surface area contributed by atoms with Gasteiger partial charge in [0.05, 0.1) is 0 Å². The molecule has 0 fully saturated rings. The van der Waals surface area contributed by atoms with Crippen molar-refractivity contribution < 1.29 is 4.79 Å². The Morgan fingerprint density at radius 2 is 1.94 bits per heavy atom. The number of nitrogens with two attached hydrogens (primary N) is 1. The number of carbonyl (C=O) groups excluding carboxylic acids is 1. The summed E-state index contributed by atoms with van der Waals surface area (Å²) in [6.45, 7) is 0. The number of thioether (sulfide) groups is 1. The maximum absolute atomic E-state index is 11.6. The smallest absolute Gasteiger partial charge is 0.265 e. The Hall–Kier alpha value is -1.85. The number of nitrogens with one attached hydrogen (secondary N) is 1. The van der Waals surface area contributed by atoms with Gasteiger partial charge in [-0.25, -0.2) is 5.84 Å². The average molecular weight is 259 g/mol. The summed E-state index contributed by atoms with van der Waals surface area (Å²) in [4.78, 5) is 16.7. The Labute approximate surface area is 110 Å². The summed E-state index contributed by atoms with van der Waals surface area (Å²) in [6, 6.07) is 11.3. The molecule has 0 radical (unpaired) electrons. The van der Waals surface area contributed by atoms with Crippen LogP contribution in [0.5, 0.6) is 0 Å². The van der Waals surface area contributed by atoms with Gasteiger partial charge in [-0.05, 0) is 23.8 Å². The minimum atomic E-state index is -0.263. The first-order valence-electron chi connectivity index (χ1n) is 5.43. The first-order valence-corrected chi connectivity index (χ1v) is 6.41. The number of nitrogens with zero attached hydrogens (tertiary/aromatic N) is 1. The van der Waals surface area contributed by atoms with Crippen LogP contribution in [0, 0.1) is 0 Å². The minimum Gasteiger partial charge on any atom is -0.290 e. The molecule has 0 aliphatic rings. The van der Waals surface area contributed by atoms with Crippen LogP contribution in [0.15, 0.2) is 53.7 Å². The van der Waals surface area contributed by atoms with Crippen LogP contribution in [0.4, 0.5) is 0 Å². The zero-order valence-corrected chi connectivity index (χ0v) is 10.5. The molecule has 0 unspecified atom stereocenters. The van der Waals surface area contributed by atoms with Crippen molar-refractivity contribution in [3.05, 3.63) is 59.9 Å². The molecule has 1 aromatic heterocycles. The minimum absolute atomic E-state index is 0.263. The van der Waals surface area contributed by atoms with Crippen LogP contribution >= 0.6 is 11.8 Å². The lowest BCUT2D eigenvalue weighted by Crippen LogP contribution is -2.30. The van der Waals surface area contributed by atoms with E-state index in [9.17, 15) is 4.79 Å². The van der Waals surface area contributed by atoms with Gasteiger partial charge >= 0.3 is 0 Å². The van der Waals surface area contributed by atoms with Crippen LogP contribution in [-0.2, 0) is 5.75 Å². The Kier molecular flexibility index (Phi) is 4.33. The van der Waals surface area contributed by atoms with Crippen molar-refractivity contribution in [3.63, 3.8) is 0 Å². The number of hydrogen-bond donors (Lipinski definition) is 2. The highest BCUT2D eigenvalue weighted by Crippen LogP contribution is 2.23. The van der Waals surface area contributed by atoms with Crippen LogP contribution in [-0.4, -0.2) is 10.9 Å². The lowest BCUT2D eigenvalue weighted by atomic mass is 10.1. The van der Waals surface area contributed by atoms with Crippen LogP contribution in [0.2, 0.25) is 0 Å². The topological polar surface area (TPSA) is 68.0 Å². The summed E-state index contributed by atoms with van der Waals surface area (Å²) in [5.74, 6) is 5.62. The van der Waals surface area contributed by atoms with E-state index in [0.717, 1.165) is 10.5 Å². The third-order valence-corrected chi connectivity index (χ3v) is 3.50. The summed E-state index contributed by atoms with van der Waals surface area (Å²) < 4.78 is 0. The van der Waals surface area contributed by atoms with Crippen molar-refractivity contribution in [3.8, 4) is 0 Å². The largest absolute Gasteiger partial charge is 0.290 e. The highest BCUT2D eigenvalue weighted by Gasteiger charge is 2.09. The Bertz CT molecular complexity index is 531. The second-order valence-corrected chi connectivity index (χ2v) is 4.65. The molecule has 1 heterocycles. The number of nitrogen functional groups attached to an aromatic ring is 1. The number of hydrazine groups is 1. The van der Waals surface area contributed by atoms with Crippen molar-refractivity contribution in [2.24, 2.45) is 5.84 Å². The second-order valence-electron chi connectivity index (χ2n) is 3.60. The van der Waals surface area contributed by atoms with E-state index in [2.05, 4.69) is 10.4 Å². The normalized spacial score (nSPS) is 10.1. The first kappa shape index (κ1) is 12.6. The fourth-order valence-corrected chi connectivity index (χ4v) is 2.43. The number of pyridine rings is 1. The molecule has 0 saturated carbocycles. The third kappa shape index (κ3) is 3.09. The predicted octanol–water partition coefficient (Wildman–Crippen LogP) is 1.98. The van der Waals surface area contributed by atoms with Crippen LogP contribution in [0.1, 0.15) is 15.9 Å². The molecular formula is C13H13N3OS. The Balaban J connectivity index is 2.12. The molecule has 0 spiro atoms. The van der Waals surface area contributed by atoms with Gasteiger partial charge in [0.15, 0.2) is 0 Å². The van der Waals surface area contributed by atoms with Crippen molar-refractivity contribution >= 4 is 17.7 Å². The number of rotatable bonds is 4. The van der Waals surface area contributed by atoms with Crippen LogP contribution in [0.3, 0.4) is 0 Å². The van der Waals surface area contributed by atoms with E-state index in [0.29, 0.717) is 11.3 Å². The molecule has 0 aliphatic heterocycles. The van der Waals surface area contributed by atoms with Gasteiger partial charge in [0.1, 0.15) is 0 Å². The third-order valence-electron chi connectivity index (χ3n) is 2.44. The van der Waals surface area contributed by atoms with Gasteiger partial charge in [-0.1, -0.05) is 18.2 Å². The quantitative estimate of drug-likeness (QED) is 0.381. The van der Waals surface area contributed by atoms with E-state index in [-0.39, 0.29) is 5.91 Å². The van der Waals surface area contributed by atoms with Crippen LogP contribution < -0.4 is 11.3 Å². The van der Waals surface area contributed by atoms with Gasteiger partial charge < -0.3 is 0 Å². The van der Waals surface area contributed by atoms with Gasteiger partial charge in [0, 0.05) is 28.6 Å². The number of aromatic nitrogens is 1. The summed E-state index contributed by atoms with van der Waals surface area (Å²) in [5, 5.41) is 0. The molecule has 92 valence electrons. The molecule has 3 N–H and O–H groups in total. The lowest BCUT2D eigenvalue weighted by Gasteiger charge is -2.07. The number of benzene rings is 1. The molecule has 0 aliphatic carbocycles. The van der Waals surface area contributed by atoms with Gasteiger partial charge in [0.2, 0.25) is 0 Å². The molecule has 2 rings (SSSR count). The van der Waals surface area contributed by atoms with Gasteiger partial charge in [-0.2, -0.15) is 0 Å². The molecule has 4 nitrogen and oxygen atoms in total. The first-order chi connectivity index (χ1) is 8.81. The summed E-state index contributed by atoms with van der Waals surface area (Å²) >= 11 is 1.65. The monoisotopic (exact) mass is 259 g/mol. The summed E-state index contributed by atoms with van der Waals surface area (Å²) in [6.07, 6.45) is 3.50. The standard InChI is InChI=1S/C13H13N3OS/c14-16-13(17)12-4-2-1-3-10(12)9-18-11-5-7-15-8-6-11/h1-8H,9,14H2,(H,16,17). The maximum Gasteiger partial charge on any atom is 0.265 e. The number of carbonyl (C=O) groups is 1. The molecule has 0 bridgehead atoms. The van der Waals surface area contributed by atoms with E-state index in [1.807, 2.05) is 30.3 Å². The van der Waals surface area contributed by atoms with Gasteiger partial charge in [-0.15, -0.1) is 11.8 Å². The molecule has 18 heavy (non-hydrogen) atoms. The fraction of sp³-hybridized carbons (Fsp3) is 0.0769. The fourth-order valence-electron chi connectivity index (χ4n) is 1.54. The van der Waals surface area contributed by atoms with Crippen LogP contribution in [0.25, 0.3) is 0 Å². The van der Waals surface area contributed by atoms with E-state index >= 15 is 0 Å². The van der Waals surface area contributed by atoms with Gasteiger partial charge in [-0.3, -0.25) is 15.2 Å². The zero-order chi connectivity index (χ0) is 12.8. The lowest BCUT2D eigenvalue weighted by molar-refractivity contribution is 0.0953. The molecule has 5 heteroatoms. The van der Waals surface area contributed by atoms with E-state index in [1.54, 1.807) is 30.2 Å². The molecule has 1 aromatic carbocycles. The van der Waals surface area contributed by atoms with Crippen molar-refractivity contribution in [1.82, 2.24) is 10.4 Å². The van der Waals surface area contributed by atoms with Crippen molar-refractivity contribution in [2.75, 3.05) is 0 Å². The Morgan fingerprint density at radius 3 is 2.67 bits per heavy atom. The predicted molar refractivity (Wildman–Crippen MR) is 71.9 cm³/mol. The van der Waals surface area contributed by atoms with E-state index < -0.39 is 0 Å². The van der Waals surface area contributed by atoms with E-state index in [1.165, 1.54) is 0 Å². The summed E-state index contributed by atoms with van der Waals surface area (Å²) in [5.41, 5.74) is 3.73. The summed E-state index contributed by atoms with van der Waals surface area (Å²) in [7, 11) is 0. The number of amides is 1. The second kappa shape index (κ2) is 6.18. The van der Waals surface area contributed by atoms with Crippen molar-refractivity contribution in [1.29, 1.82) is 0 Å². The zero-order valence-electron chi connectivity index (χ0n) is 9.67. The molecule has 2 aromatic rings. The maximum atomic E-state index is 11.6.